The van der Waals surface area contributed by atoms with E-state index in [9.17, 15) is 25.3 Å². The zero-order valence-corrected chi connectivity index (χ0v) is 38.0. The minimum Gasteiger partial charge on any atom is -1.00 e. The van der Waals surface area contributed by atoms with Gasteiger partial charge in [-0.15, -0.1) is 0 Å². The van der Waals surface area contributed by atoms with E-state index < -0.39 is 31.2 Å². The van der Waals surface area contributed by atoms with Crippen LogP contribution in [0.5, 0.6) is 0 Å². The van der Waals surface area contributed by atoms with E-state index in [1.165, 1.54) is 135 Å². The molecule has 0 rings (SSSR count). The van der Waals surface area contributed by atoms with Crippen LogP contribution in [0.1, 0.15) is 215 Å². The molecular weight excluding hydrogens is 744 g/mol. The summed E-state index contributed by atoms with van der Waals surface area (Å²) in [6.45, 7) is 6.93. The first-order valence-electron chi connectivity index (χ1n) is 20.0. The van der Waals surface area contributed by atoms with Crippen molar-refractivity contribution >= 4 is 31.2 Å². The molecule has 0 bridgehead atoms. The van der Waals surface area contributed by atoms with Crippen molar-refractivity contribution < 1.29 is 82.4 Å². The van der Waals surface area contributed by atoms with Crippen LogP contribution in [0.2, 0.25) is 0 Å². The minimum atomic E-state index is -4.23. The Morgan fingerprint density at radius 3 is 0.577 bits per heavy atom. The van der Waals surface area contributed by atoms with Gasteiger partial charge < -0.3 is 1.43 Å². The van der Waals surface area contributed by atoms with Crippen LogP contribution in [-0.2, 0) is 43.7 Å². The third-order valence-corrected chi connectivity index (χ3v) is 9.58. The summed E-state index contributed by atoms with van der Waals surface area (Å²) in [7, 11) is -12.7. The smallest absolute Gasteiger partial charge is 1.00 e. The number of hydrogen-bond donors (Lipinski definition) is 3. The van der Waals surface area contributed by atoms with Crippen LogP contribution in [0, 0.1) is 0 Å². The van der Waals surface area contributed by atoms with Gasteiger partial charge in [0.15, 0.2) is 0 Å². The quantitative estimate of drug-likeness (QED) is 0.0312. The van der Waals surface area contributed by atoms with Crippen LogP contribution in [-0.4, -0.2) is 58.7 Å². The Bertz CT molecular complexity index is 890. The van der Waals surface area contributed by atoms with E-state index in [4.69, 9.17) is 13.7 Å². The largest absolute Gasteiger partial charge is 1.00 e. The van der Waals surface area contributed by atoms with Crippen molar-refractivity contribution in [3.8, 4) is 0 Å². The van der Waals surface area contributed by atoms with Crippen LogP contribution < -0.4 is 29.6 Å². The van der Waals surface area contributed by atoms with E-state index in [0.717, 1.165) is 38.5 Å². The predicted molar refractivity (Wildman–Crippen MR) is 209 cm³/mol. The summed E-state index contributed by atoms with van der Waals surface area (Å²) in [6.07, 6.45) is 35.6. The topological polar surface area (TPSA) is 191 Å². The molecule has 0 aliphatic heterocycles. The molecule has 314 valence electrons. The average molecular weight is 823 g/mol. The molecule has 0 spiro atoms. The molecule has 12 nitrogen and oxygen atoms in total. The zero-order chi connectivity index (χ0) is 39.0. The summed E-state index contributed by atoms with van der Waals surface area (Å²) in [6, 6.07) is 0. The van der Waals surface area contributed by atoms with Crippen molar-refractivity contribution in [3.63, 3.8) is 0 Å². The summed E-state index contributed by atoms with van der Waals surface area (Å²) in [5.41, 5.74) is 0. The molecule has 0 saturated heterocycles. The minimum absolute atomic E-state index is 0. The Morgan fingerprint density at radius 1 is 0.308 bits per heavy atom. The average Bonchev–Trinajstić information content (AvgIpc) is 3.04. The Balaban J connectivity index is -0.000000213. The summed E-state index contributed by atoms with van der Waals surface area (Å²) >= 11 is 0. The van der Waals surface area contributed by atoms with Crippen molar-refractivity contribution in [3.05, 3.63) is 0 Å². The maximum Gasteiger partial charge on any atom is 1.00 e. The molecular formula is C36H79NaO12S3. The summed E-state index contributed by atoms with van der Waals surface area (Å²) in [5, 5.41) is 0. The third kappa shape index (κ3) is 68.6. The van der Waals surface area contributed by atoms with Crippen LogP contribution >= 0.6 is 0 Å². The molecule has 0 atom stereocenters. The maximum absolute atomic E-state index is 10.2. The molecule has 0 aromatic carbocycles. The standard InChI is InChI=1S/3C12H26O4S.Na.H/c3*1-2-3-4-5-6-7-8-9-10-11-12-16-17(13,14)15;;/h3*2-12H2,1H3,(H,13,14,15);;/q;;;+1;-1. The Labute approximate surface area is 344 Å². The monoisotopic (exact) mass is 822 g/mol. The van der Waals surface area contributed by atoms with Gasteiger partial charge in [-0.2, -0.15) is 25.3 Å². The molecule has 16 heteroatoms. The molecule has 0 aromatic rings. The second-order valence-electron chi connectivity index (χ2n) is 13.3. The molecule has 0 heterocycles. The van der Waals surface area contributed by atoms with E-state index in [-0.39, 0.29) is 50.8 Å². The number of hydrogen-bond acceptors (Lipinski definition) is 9. The fraction of sp³-hybridized carbons (Fsp3) is 1.00. The maximum atomic E-state index is 10.2. The van der Waals surface area contributed by atoms with E-state index in [0.29, 0.717) is 19.3 Å². The molecule has 0 saturated carbocycles. The molecule has 0 aliphatic rings. The molecule has 0 fully saturated rings. The van der Waals surface area contributed by atoms with Gasteiger partial charge in [0, 0.05) is 0 Å². The molecule has 0 amide bonds. The second-order valence-corrected chi connectivity index (χ2v) is 16.6. The molecule has 0 unspecified atom stereocenters. The van der Waals surface area contributed by atoms with Gasteiger partial charge in [0.25, 0.3) is 0 Å². The second kappa shape index (κ2) is 44.3. The van der Waals surface area contributed by atoms with Crippen molar-refractivity contribution in [1.82, 2.24) is 0 Å². The first-order chi connectivity index (χ1) is 24.2. The van der Waals surface area contributed by atoms with E-state index >= 15 is 0 Å². The Kier molecular flexibility index (Phi) is 50.6. The van der Waals surface area contributed by atoms with Crippen LogP contribution in [0.25, 0.3) is 0 Å². The zero-order valence-electron chi connectivity index (χ0n) is 34.6. The van der Waals surface area contributed by atoms with Gasteiger partial charge in [0.1, 0.15) is 0 Å². The summed E-state index contributed by atoms with van der Waals surface area (Å²) in [5.74, 6) is 0. The molecule has 52 heavy (non-hydrogen) atoms. The van der Waals surface area contributed by atoms with Gasteiger partial charge in [-0.05, 0) is 19.3 Å². The van der Waals surface area contributed by atoms with Gasteiger partial charge in [0.2, 0.25) is 0 Å². The molecule has 0 radical (unpaired) electrons. The third-order valence-electron chi connectivity index (χ3n) is 8.19. The van der Waals surface area contributed by atoms with E-state index in [2.05, 4.69) is 33.3 Å². The van der Waals surface area contributed by atoms with Crippen LogP contribution in [0.4, 0.5) is 0 Å². The number of rotatable bonds is 36. The van der Waals surface area contributed by atoms with E-state index in [1.807, 2.05) is 0 Å². The first-order valence-corrected chi connectivity index (χ1v) is 24.1. The van der Waals surface area contributed by atoms with Gasteiger partial charge in [0.05, 0.1) is 19.8 Å². The normalized spacial score (nSPS) is 11.7. The van der Waals surface area contributed by atoms with Crippen molar-refractivity contribution in [2.24, 2.45) is 0 Å². The van der Waals surface area contributed by atoms with Gasteiger partial charge in [-0.25, -0.2) is 12.5 Å². The van der Waals surface area contributed by atoms with Crippen molar-refractivity contribution in [2.75, 3.05) is 19.8 Å². The van der Waals surface area contributed by atoms with Crippen LogP contribution in [0.3, 0.4) is 0 Å². The Hall–Kier alpha value is 0.610. The van der Waals surface area contributed by atoms with Crippen LogP contribution in [0.15, 0.2) is 0 Å². The van der Waals surface area contributed by atoms with Crippen molar-refractivity contribution in [2.45, 2.75) is 213 Å². The molecule has 0 aromatic heterocycles. The van der Waals surface area contributed by atoms with Gasteiger partial charge in [-0.1, -0.05) is 194 Å². The SMILES string of the molecule is CCCCCCCCCCCCOS(=O)(=O)O.CCCCCCCCCCCCOS(=O)(=O)O.CCCCCCCCCCCCOS(=O)(=O)O.[H-].[Na+]. The molecule has 3 N–H and O–H groups in total. The Morgan fingerprint density at radius 2 is 0.442 bits per heavy atom. The fourth-order valence-corrected chi connectivity index (χ4v) is 6.25. The summed E-state index contributed by atoms with van der Waals surface area (Å²) in [4.78, 5) is 0. The van der Waals surface area contributed by atoms with Gasteiger partial charge in [-0.3, -0.25) is 13.7 Å². The number of unbranched alkanes of at least 4 members (excludes halogenated alkanes) is 27. The molecule has 0 aliphatic carbocycles. The van der Waals surface area contributed by atoms with Gasteiger partial charge >= 0.3 is 60.8 Å². The van der Waals surface area contributed by atoms with Crippen molar-refractivity contribution in [1.29, 1.82) is 0 Å². The van der Waals surface area contributed by atoms with E-state index in [1.54, 1.807) is 0 Å². The predicted octanol–water partition coefficient (Wildman–Crippen LogP) is 8.30. The summed E-state index contributed by atoms with van der Waals surface area (Å²) < 4.78 is 99.0. The fourth-order valence-electron chi connectivity index (χ4n) is 5.26. The first kappa shape index (κ1) is 59.3.